The Morgan fingerprint density at radius 3 is 2.45 bits per heavy atom. The third-order valence-corrected chi connectivity index (χ3v) is 7.31. The van der Waals surface area contributed by atoms with Crippen molar-refractivity contribution >= 4 is 59.9 Å². The van der Waals surface area contributed by atoms with Gasteiger partial charge < -0.3 is 0 Å². The van der Waals surface area contributed by atoms with Gasteiger partial charge in [0, 0.05) is 16.3 Å². The van der Waals surface area contributed by atoms with E-state index in [1.54, 1.807) is 18.2 Å². The molecule has 0 saturated heterocycles. The Labute approximate surface area is 189 Å². The van der Waals surface area contributed by atoms with Crippen LogP contribution in [0.4, 0.5) is 10.8 Å². The summed E-state index contributed by atoms with van der Waals surface area (Å²) in [5.41, 5.74) is 3.71. The van der Waals surface area contributed by atoms with Crippen LogP contribution in [0, 0.1) is 13.8 Å². The van der Waals surface area contributed by atoms with Crippen molar-refractivity contribution in [1.82, 2.24) is 4.98 Å². The second-order valence-corrected chi connectivity index (χ2v) is 10.2. The van der Waals surface area contributed by atoms with E-state index in [2.05, 4.69) is 15.0 Å². The monoisotopic (exact) mass is 471 g/mol. The summed E-state index contributed by atoms with van der Waals surface area (Å²) in [4.78, 5) is 17.3. The van der Waals surface area contributed by atoms with Crippen molar-refractivity contribution in [3.05, 3.63) is 82.4 Å². The molecule has 0 aliphatic carbocycles. The lowest BCUT2D eigenvalue weighted by Crippen LogP contribution is -2.15. The lowest BCUT2D eigenvalue weighted by Gasteiger charge is -2.09. The average Bonchev–Trinajstić information content (AvgIpc) is 3.09. The summed E-state index contributed by atoms with van der Waals surface area (Å²) in [6.07, 6.45) is 0. The van der Waals surface area contributed by atoms with Crippen molar-refractivity contribution in [2.24, 2.45) is 0 Å². The van der Waals surface area contributed by atoms with Crippen LogP contribution in [0.5, 0.6) is 0 Å². The first-order valence-electron chi connectivity index (χ1n) is 9.29. The van der Waals surface area contributed by atoms with Gasteiger partial charge in [0.1, 0.15) is 0 Å². The predicted octanol–water partition coefficient (Wildman–Crippen LogP) is 5.62. The van der Waals surface area contributed by atoms with Crippen molar-refractivity contribution < 1.29 is 13.2 Å². The number of aromatic nitrogens is 1. The van der Waals surface area contributed by atoms with Crippen LogP contribution < -0.4 is 10.0 Å². The van der Waals surface area contributed by atoms with Crippen LogP contribution in [-0.4, -0.2) is 19.3 Å². The third kappa shape index (κ3) is 4.71. The van der Waals surface area contributed by atoms with E-state index >= 15 is 0 Å². The number of rotatable bonds is 5. The molecule has 0 aliphatic heterocycles. The average molecular weight is 472 g/mol. The number of carbonyl (C=O) groups excluding carboxylic acids is 1. The number of thiazole rings is 1. The molecule has 0 atom stereocenters. The number of anilines is 2. The number of nitrogens with one attached hydrogen (secondary N) is 2. The molecule has 0 aliphatic rings. The van der Waals surface area contributed by atoms with Gasteiger partial charge in [0.2, 0.25) is 0 Å². The third-order valence-electron chi connectivity index (χ3n) is 4.73. The predicted molar refractivity (Wildman–Crippen MR) is 126 cm³/mol. The molecule has 3 aromatic carbocycles. The first kappa shape index (κ1) is 21.3. The fourth-order valence-electron chi connectivity index (χ4n) is 2.95. The molecular weight excluding hydrogens is 454 g/mol. The van der Waals surface area contributed by atoms with E-state index in [1.807, 2.05) is 26.0 Å². The summed E-state index contributed by atoms with van der Waals surface area (Å²) < 4.78 is 28.6. The van der Waals surface area contributed by atoms with Gasteiger partial charge in [-0.3, -0.25) is 14.8 Å². The molecule has 1 heterocycles. The zero-order valence-electron chi connectivity index (χ0n) is 16.6. The van der Waals surface area contributed by atoms with Crippen LogP contribution in [0.2, 0.25) is 5.02 Å². The van der Waals surface area contributed by atoms with E-state index in [9.17, 15) is 13.2 Å². The Hall–Kier alpha value is -2.94. The minimum Gasteiger partial charge on any atom is -0.298 e. The van der Waals surface area contributed by atoms with Gasteiger partial charge in [0.05, 0.1) is 15.1 Å². The lowest BCUT2D eigenvalue weighted by atomic mass is 10.1. The van der Waals surface area contributed by atoms with Crippen molar-refractivity contribution in [3.8, 4) is 0 Å². The SMILES string of the molecule is Cc1cc2nc(NC(=O)c3cccc(NS(=O)(=O)c4ccc(Cl)cc4)c3)sc2cc1C. The highest BCUT2D eigenvalue weighted by atomic mass is 35.5. The van der Waals surface area contributed by atoms with Crippen LogP contribution in [0.25, 0.3) is 10.2 Å². The number of hydrogen-bond donors (Lipinski definition) is 2. The Balaban J connectivity index is 1.53. The number of hydrogen-bond acceptors (Lipinski definition) is 5. The molecule has 2 N–H and O–H groups in total. The molecule has 0 spiro atoms. The molecule has 6 nitrogen and oxygen atoms in total. The van der Waals surface area contributed by atoms with E-state index < -0.39 is 10.0 Å². The van der Waals surface area contributed by atoms with Crippen LogP contribution in [0.15, 0.2) is 65.6 Å². The topological polar surface area (TPSA) is 88.2 Å². The van der Waals surface area contributed by atoms with Gasteiger partial charge in [-0.2, -0.15) is 0 Å². The van der Waals surface area contributed by atoms with Crippen molar-refractivity contribution in [1.29, 1.82) is 0 Å². The van der Waals surface area contributed by atoms with Crippen LogP contribution in [0.1, 0.15) is 21.5 Å². The largest absolute Gasteiger partial charge is 0.298 e. The summed E-state index contributed by atoms with van der Waals surface area (Å²) in [6, 6.07) is 16.1. The number of nitrogens with zero attached hydrogens (tertiary/aromatic N) is 1. The van der Waals surface area contributed by atoms with Crippen molar-refractivity contribution in [2.75, 3.05) is 10.0 Å². The summed E-state index contributed by atoms with van der Waals surface area (Å²) in [7, 11) is -3.81. The Morgan fingerprint density at radius 1 is 1.00 bits per heavy atom. The summed E-state index contributed by atoms with van der Waals surface area (Å²) in [6.45, 7) is 4.05. The standard InChI is InChI=1S/C22H18ClN3O3S2/c1-13-10-19-20(11-14(13)2)30-22(24-19)25-21(27)15-4-3-5-17(12-15)26-31(28,29)18-8-6-16(23)7-9-18/h3-12,26H,1-2H3,(H,24,25,27). The van der Waals surface area contributed by atoms with Gasteiger partial charge in [0.15, 0.2) is 5.13 Å². The maximum absolute atomic E-state index is 12.7. The molecule has 0 bridgehead atoms. The van der Waals surface area contributed by atoms with Crippen LogP contribution in [-0.2, 0) is 10.0 Å². The van der Waals surface area contributed by atoms with Gasteiger partial charge in [-0.1, -0.05) is 29.0 Å². The van der Waals surface area contributed by atoms with E-state index in [0.29, 0.717) is 15.7 Å². The highest BCUT2D eigenvalue weighted by Gasteiger charge is 2.16. The molecular formula is C22H18ClN3O3S2. The van der Waals surface area contributed by atoms with E-state index in [1.165, 1.54) is 41.7 Å². The smallest absolute Gasteiger partial charge is 0.261 e. The summed E-state index contributed by atoms with van der Waals surface area (Å²) >= 11 is 7.21. The molecule has 0 unspecified atom stereocenters. The molecule has 1 aromatic heterocycles. The maximum Gasteiger partial charge on any atom is 0.261 e. The number of carbonyl (C=O) groups is 1. The molecule has 31 heavy (non-hydrogen) atoms. The second kappa shape index (κ2) is 8.30. The van der Waals surface area contributed by atoms with E-state index in [4.69, 9.17) is 11.6 Å². The molecule has 4 aromatic rings. The van der Waals surface area contributed by atoms with Gasteiger partial charge in [-0.25, -0.2) is 13.4 Å². The molecule has 0 saturated carbocycles. The highest BCUT2D eigenvalue weighted by molar-refractivity contribution is 7.92. The quantitative estimate of drug-likeness (QED) is 0.395. The molecule has 0 fully saturated rings. The number of sulfonamides is 1. The van der Waals surface area contributed by atoms with Crippen LogP contribution in [0.3, 0.4) is 0 Å². The van der Waals surface area contributed by atoms with Gasteiger partial charge in [-0.15, -0.1) is 0 Å². The molecule has 4 rings (SSSR count). The Bertz CT molecular complexity index is 1360. The van der Waals surface area contributed by atoms with Crippen LogP contribution >= 0.6 is 22.9 Å². The fraction of sp³-hybridized carbons (Fsp3) is 0.0909. The minimum absolute atomic E-state index is 0.0758. The number of amides is 1. The normalized spacial score (nSPS) is 11.5. The number of benzene rings is 3. The molecule has 9 heteroatoms. The summed E-state index contributed by atoms with van der Waals surface area (Å²) in [5, 5.41) is 3.72. The number of fused-ring (bicyclic) bond motifs is 1. The molecule has 0 radical (unpaired) electrons. The fourth-order valence-corrected chi connectivity index (χ4v) is 5.07. The van der Waals surface area contributed by atoms with Gasteiger partial charge in [0.25, 0.3) is 15.9 Å². The van der Waals surface area contributed by atoms with E-state index in [0.717, 1.165) is 21.3 Å². The van der Waals surface area contributed by atoms with E-state index in [-0.39, 0.29) is 16.5 Å². The van der Waals surface area contributed by atoms with Gasteiger partial charge in [-0.05, 0) is 79.6 Å². The van der Waals surface area contributed by atoms with Crippen molar-refractivity contribution in [2.45, 2.75) is 18.7 Å². The second-order valence-electron chi connectivity index (χ2n) is 7.02. The minimum atomic E-state index is -3.81. The first-order chi connectivity index (χ1) is 14.7. The maximum atomic E-state index is 12.7. The summed E-state index contributed by atoms with van der Waals surface area (Å²) in [5.74, 6) is -0.375. The zero-order valence-corrected chi connectivity index (χ0v) is 19.0. The van der Waals surface area contributed by atoms with Crippen molar-refractivity contribution in [3.63, 3.8) is 0 Å². The Kier molecular flexibility index (Phi) is 5.70. The number of aryl methyl sites for hydroxylation is 2. The lowest BCUT2D eigenvalue weighted by molar-refractivity contribution is 0.102. The Morgan fingerprint density at radius 2 is 1.71 bits per heavy atom. The number of halogens is 1. The highest BCUT2D eigenvalue weighted by Crippen LogP contribution is 2.29. The molecule has 158 valence electrons. The van der Waals surface area contributed by atoms with Gasteiger partial charge >= 0.3 is 0 Å². The first-order valence-corrected chi connectivity index (χ1v) is 12.0. The zero-order chi connectivity index (χ0) is 22.2. The molecule has 1 amide bonds.